The quantitative estimate of drug-likeness (QED) is 0.193. The second-order valence-electron chi connectivity index (χ2n) is 9.25. The number of hydrogen-bond donors (Lipinski definition) is 0. The van der Waals surface area contributed by atoms with Crippen molar-refractivity contribution in [1.29, 1.82) is 0 Å². The lowest BCUT2D eigenvalue weighted by molar-refractivity contribution is -0.155. The van der Waals surface area contributed by atoms with Crippen LogP contribution in [0.3, 0.4) is 0 Å². The van der Waals surface area contributed by atoms with Gasteiger partial charge in [0, 0.05) is 19.6 Å². The van der Waals surface area contributed by atoms with Crippen LogP contribution < -0.4 is 0 Å². The zero-order valence-electron chi connectivity index (χ0n) is 20.2. The highest BCUT2D eigenvalue weighted by Gasteiger charge is 2.42. The number of ether oxygens (including phenoxy) is 2. The van der Waals surface area contributed by atoms with Gasteiger partial charge >= 0.3 is 0 Å². The highest BCUT2D eigenvalue weighted by Crippen LogP contribution is 2.47. The van der Waals surface area contributed by atoms with Crippen LogP contribution in [0.2, 0.25) is 0 Å². The van der Waals surface area contributed by atoms with Crippen molar-refractivity contribution >= 4 is 0 Å². The molecule has 0 radical (unpaired) electrons. The number of methoxy groups -OCH3 is 2. The molecule has 2 aromatic carbocycles. The number of benzene rings is 2. The van der Waals surface area contributed by atoms with E-state index in [-0.39, 0.29) is 11.7 Å². The first-order valence-corrected chi connectivity index (χ1v) is 12.5. The van der Waals surface area contributed by atoms with E-state index in [1.54, 1.807) is 14.2 Å². The maximum atomic E-state index is 6.00. The molecule has 1 atom stereocenters. The smallest absolute Gasteiger partial charge is 0.166 e. The molecule has 1 aliphatic carbocycles. The molecule has 1 aliphatic rings. The van der Waals surface area contributed by atoms with Crippen molar-refractivity contribution in [3.05, 3.63) is 59.2 Å². The molecule has 2 aromatic rings. The van der Waals surface area contributed by atoms with Gasteiger partial charge in [-0.1, -0.05) is 108 Å². The normalized spacial score (nSPS) is 14.5. The van der Waals surface area contributed by atoms with E-state index in [1.807, 2.05) is 0 Å². The Morgan fingerprint density at radius 3 is 2.13 bits per heavy atom. The van der Waals surface area contributed by atoms with Crippen molar-refractivity contribution in [2.75, 3.05) is 14.2 Å². The van der Waals surface area contributed by atoms with E-state index in [1.165, 1.54) is 72.8 Å². The zero-order valence-corrected chi connectivity index (χ0v) is 20.2. The van der Waals surface area contributed by atoms with Crippen LogP contribution in [-0.4, -0.2) is 20.5 Å². The van der Waals surface area contributed by atoms with Crippen molar-refractivity contribution in [3.8, 4) is 11.1 Å². The first-order chi connectivity index (χ1) is 15.2. The van der Waals surface area contributed by atoms with Gasteiger partial charge < -0.3 is 9.47 Å². The molecule has 0 amide bonds. The molecule has 0 N–H and O–H groups in total. The van der Waals surface area contributed by atoms with Crippen molar-refractivity contribution < 1.29 is 9.47 Å². The number of fused-ring (bicyclic) bond motifs is 3. The van der Waals surface area contributed by atoms with E-state index in [4.69, 9.17) is 9.47 Å². The minimum absolute atomic E-state index is 0.102. The van der Waals surface area contributed by atoms with Gasteiger partial charge in [0.2, 0.25) is 0 Å². The second kappa shape index (κ2) is 11.8. The third kappa shape index (κ3) is 5.23. The molecule has 31 heavy (non-hydrogen) atoms. The Bertz CT molecular complexity index is 808. The lowest BCUT2D eigenvalue weighted by atomic mass is 9.70. The second-order valence-corrected chi connectivity index (χ2v) is 9.25. The summed E-state index contributed by atoms with van der Waals surface area (Å²) >= 11 is 0. The molecule has 0 saturated carbocycles. The lowest BCUT2D eigenvalue weighted by Gasteiger charge is -2.41. The Balaban J connectivity index is 1.90. The van der Waals surface area contributed by atoms with Gasteiger partial charge in [-0.05, 0) is 47.1 Å². The van der Waals surface area contributed by atoms with Gasteiger partial charge in [0.25, 0.3) is 0 Å². The zero-order chi connectivity index (χ0) is 22.1. The summed E-state index contributed by atoms with van der Waals surface area (Å²) in [4.78, 5) is 0. The maximum Gasteiger partial charge on any atom is 0.166 e. The fourth-order valence-corrected chi connectivity index (χ4v) is 5.77. The van der Waals surface area contributed by atoms with Crippen molar-refractivity contribution in [1.82, 2.24) is 0 Å². The monoisotopic (exact) mass is 422 g/mol. The summed E-state index contributed by atoms with van der Waals surface area (Å²) in [5.74, 6) is 0. The van der Waals surface area contributed by atoms with Crippen molar-refractivity contribution in [2.24, 2.45) is 0 Å². The SMILES string of the molecule is CCCCCCCCCC(CCC)(c1cccc2c1Cc1ccccc1-2)C(OC)OC. The van der Waals surface area contributed by atoms with Crippen LogP contribution in [0.4, 0.5) is 0 Å². The predicted octanol–water partition coefficient (Wildman–Crippen LogP) is 8.06. The molecule has 1 unspecified atom stereocenters. The van der Waals surface area contributed by atoms with E-state index < -0.39 is 0 Å². The highest BCUT2D eigenvalue weighted by atomic mass is 16.7. The van der Waals surface area contributed by atoms with Crippen LogP contribution in [0.25, 0.3) is 11.1 Å². The first kappa shape index (κ1) is 24.0. The molecule has 2 heteroatoms. The van der Waals surface area contributed by atoms with Crippen molar-refractivity contribution in [3.63, 3.8) is 0 Å². The number of hydrogen-bond acceptors (Lipinski definition) is 2. The summed E-state index contributed by atoms with van der Waals surface area (Å²) in [6.45, 7) is 4.57. The largest absolute Gasteiger partial charge is 0.355 e. The third-order valence-corrected chi connectivity index (χ3v) is 7.19. The minimum Gasteiger partial charge on any atom is -0.355 e. The summed E-state index contributed by atoms with van der Waals surface area (Å²) in [7, 11) is 3.61. The molecule has 2 nitrogen and oxygen atoms in total. The van der Waals surface area contributed by atoms with E-state index >= 15 is 0 Å². The van der Waals surface area contributed by atoms with E-state index in [9.17, 15) is 0 Å². The minimum atomic E-state index is -0.220. The van der Waals surface area contributed by atoms with Crippen LogP contribution in [0.1, 0.15) is 94.7 Å². The molecule has 0 fully saturated rings. The van der Waals surface area contributed by atoms with Gasteiger partial charge in [-0.15, -0.1) is 0 Å². The van der Waals surface area contributed by atoms with Gasteiger partial charge in [0.05, 0.1) is 0 Å². The molecule has 0 spiro atoms. The van der Waals surface area contributed by atoms with Gasteiger partial charge in [-0.2, -0.15) is 0 Å². The average Bonchev–Trinajstić information content (AvgIpc) is 3.18. The number of unbranched alkanes of at least 4 members (excludes halogenated alkanes) is 6. The van der Waals surface area contributed by atoms with Gasteiger partial charge in [-0.3, -0.25) is 0 Å². The molecule has 170 valence electrons. The van der Waals surface area contributed by atoms with E-state index in [0.29, 0.717) is 0 Å². The summed E-state index contributed by atoms with van der Waals surface area (Å²) in [6, 6.07) is 15.8. The van der Waals surface area contributed by atoms with Gasteiger partial charge in [-0.25, -0.2) is 0 Å². The van der Waals surface area contributed by atoms with Crippen LogP contribution in [-0.2, 0) is 21.3 Å². The Hall–Kier alpha value is -1.64. The predicted molar refractivity (Wildman–Crippen MR) is 132 cm³/mol. The molecular weight excluding hydrogens is 380 g/mol. The molecule has 3 rings (SSSR count). The Labute approximate surface area is 190 Å². The highest BCUT2D eigenvalue weighted by molar-refractivity contribution is 5.78. The summed E-state index contributed by atoms with van der Waals surface area (Å²) < 4.78 is 12.0. The van der Waals surface area contributed by atoms with Crippen LogP contribution in [0, 0.1) is 0 Å². The fraction of sp³-hybridized carbons (Fsp3) is 0.586. The average molecular weight is 423 g/mol. The molecule has 0 heterocycles. The Morgan fingerprint density at radius 2 is 1.42 bits per heavy atom. The number of rotatable bonds is 14. The molecule has 0 bridgehead atoms. The van der Waals surface area contributed by atoms with Gasteiger partial charge in [0.1, 0.15) is 0 Å². The molecular formula is C29H42O2. The fourth-order valence-electron chi connectivity index (χ4n) is 5.77. The molecule has 0 saturated heterocycles. The Morgan fingerprint density at radius 1 is 0.742 bits per heavy atom. The molecule has 0 aromatic heterocycles. The topological polar surface area (TPSA) is 18.5 Å². The maximum absolute atomic E-state index is 6.00. The van der Waals surface area contributed by atoms with E-state index in [0.717, 1.165) is 25.7 Å². The lowest BCUT2D eigenvalue weighted by Crippen LogP contribution is -2.43. The summed E-state index contributed by atoms with van der Waals surface area (Å²) in [5.41, 5.74) is 7.07. The summed E-state index contributed by atoms with van der Waals surface area (Å²) in [5, 5.41) is 0. The first-order valence-electron chi connectivity index (χ1n) is 12.5. The third-order valence-electron chi connectivity index (χ3n) is 7.19. The van der Waals surface area contributed by atoms with Crippen LogP contribution >= 0.6 is 0 Å². The Kier molecular flexibility index (Phi) is 9.16. The van der Waals surface area contributed by atoms with Crippen LogP contribution in [0.5, 0.6) is 0 Å². The summed E-state index contributed by atoms with van der Waals surface area (Å²) in [6.07, 6.45) is 13.4. The standard InChI is InChI=1S/C29H42O2/c1-5-7-8-9-10-11-14-21-29(20-6-2,28(30-3)31-4)27-19-15-18-25-24-17-13-12-16-23(24)22-26(25)27/h12-13,15-19,28H,5-11,14,20-22H2,1-4H3. The molecule has 0 aliphatic heterocycles. The van der Waals surface area contributed by atoms with Gasteiger partial charge in [0.15, 0.2) is 6.29 Å². The van der Waals surface area contributed by atoms with E-state index in [2.05, 4.69) is 56.3 Å². The van der Waals surface area contributed by atoms with Crippen LogP contribution in [0.15, 0.2) is 42.5 Å². The van der Waals surface area contributed by atoms with Crippen molar-refractivity contribution in [2.45, 2.75) is 96.2 Å².